The summed E-state index contributed by atoms with van der Waals surface area (Å²) in [5.74, 6) is 1.35. The van der Waals surface area contributed by atoms with Gasteiger partial charge in [-0.3, -0.25) is 0 Å². The molecule has 1 aromatic heterocycles. The fourth-order valence-electron chi connectivity index (χ4n) is 3.75. The summed E-state index contributed by atoms with van der Waals surface area (Å²) < 4.78 is 2.27. The maximum absolute atomic E-state index is 12.2. The molecule has 0 unspecified atom stereocenters. The van der Waals surface area contributed by atoms with E-state index >= 15 is 0 Å². The zero-order valence-corrected chi connectivity index (χ0v) is 16.3. The average Bonchev–Trinajstić information content (AvgIpc) is 2.98. The zero-order valence-electron chi connectivity index (χ0n) is 16.3. The van der Waals surface area contributed by atoms with Crippen LogP contribution in [-0.4, -0.2) is 42.2 Å². The van der Waals surface area contributed by atoms with Crippen molar-refractivity contribution in [1.29, 1.82) is 0 Å². The molecule has 0 atom stereocenters. The summed E-state index contributed by atoms with van der Waals surface area (Å²) in [7, 11) is 2.18. The summed E-state index contributed by atoms with van der Waals surface area (Å²) in [5, 5.41) is 7.12. The highest BCUT2D eigenvalue weighted by Gasteiger charge is 2.16. The molecule has 5 nitrogen and oxygen atoms in total. The molecule has 0 aliphatic carbocycles. The SMILES string of the molecule is CC(C)Cn1ccc2cc(NC(=O)NCCC3CCN(C)CC3)ccc21. The van der Waals surface area contributed by atoms with Crippen molar-refractivity contribution in [2.45, 2.75) is 39.7 Å². The summed E-state index contributed by atoms with van der Waals surface area (Å²) >= 11 is 0. The van der Waals surface area contributed by atoms with Crippen LogP contribution in [0.25, 0.3) is 10.9 Å². The van der Waals surface area contributed by atoms with Crippen molar-refractivity contribution in [1.82, 2.24) is 14.8 Å². The third-order valence-electron chi connectivity index (χ3n) is 5.27. The Kier molecular flexibility index (Phi) is 6.20. The minimum absolute atomic E-state index is 0.112. The second-order valence-electron chi connectivity index (χ2n) is 8.05. The van der Waals surface area contributed by atoms with Gasteiger partial charge in [-0.25, -0.2) is 4.79 Å². The third-order valence-corrected chi connectivity index (χ3v) is 5.27. The number of amides is 2. The lowest BCUT2D eigenvalue weighted by atomic mass is 9.94. The van der Waals surface area contributed by atoms with Crippen LogP contribution in [0.15, 0.2) is 30.5 Å². The van der Waals surface area contributed by atoms with Crippen molar-refractivity contribution in [2.24, 2.45) is 11.8 Å². The van der Waals surface area contributed by atoms with Crippen LogP contribution in [0.2, 0.25) is 0 Å². The van der Waals surface area contributed by atoms with Crippen LogP contribution in [-0.2, 0) is 6.54 Å². The smallest absolute Gasteiger partial charge is 0.319 e. The lowest BCUT2D eigenvalue weighted by Gasteiger charge is -2.28. The van der Waals surface area contributed by atoms with Crippen molar-refractivity contribution >= 4 is 22.6 Å². The van der Waals surface area contributed by atoms with Gasteiger partial charge in [0.05, 0.1) is 0 Å². The first-order chi connectivity index (χ1) is 12.5. The summed E-state index contributed by atoms with van der Waals surface area (Å²) in [4.78, 5) is 14.5. The van der Waals surface area contributed by atoms with Crippen LogP contribution in [0, 0.1) is 11.8 Å². The van der Waals surface area contributed by atoms with Gasteiger partial charge in [0.1, 0.15) is 0 Å². The Morgan fingerprint density at radius 2 is 2.00 bits per heavy atom. The first-order valence-electron chi connectivity index (χ1n) is 9.83. The fourth-order valence-corrected chi connectivity index (χ4v) is 3.75. The molecule has 1 aliphatic rings. The molecule has 2 aromatic rings. The number of aromatic nitrogens is 1. The van der Waals surface area contributed by atoms with Gasteiger partial charge in [-0.15, -0.1) is 0 Å². The normalized spacial score (nSPS) is 16.3. The number of piperidine rings is 1. The molecule has 2 N–H and O–H groups in total. The van der Waals surface area contributed by atoms with E-state index in [9.17, 15) is 4.79 Å². The van der Waals surface area contributed by atoms with Gasteiger partial charge in [-0.05, 0) is 75.5 Å². The number of carbonyl (C=O) groups is 1. The predicted octanol–water partition coefficient (Wildman–Crippen LogP) is 4.15. The lowest BCUT2D eigenvalue weighted by Crippen LogP contribution is -2.34. The highest BCUT2D eigenvalue weighted by atomic mass is 16.2. The van der Waals surface area contributed by atoms with Gasteiger partial charge in [0.25, 0.3) is 0 Å². The van der Waals surface area contributed by atoms with Gasteiger partial charge < -0.3 is 20.1 Å². The topological polar surface area (TPSA) is 49.3 Å². The molecule has 0 radical (unpaired) electrons. The number of anilines is 1. The van der Waals surface area contributed by atoms with E-state index in [2.05, 4.69) is 59.3 Å². The number of nitrogens with zero attached hydrogens (tertiary/aromatic N) is 2. The highest BCUT2D eigenvalue weighted by molar-refractivity contribution is 5.92. The summed E-state index contributed by atoms with van der Waals surface area (Å²) in [6, 6.07) is 8.12. The van der Waals surface area contributed by atoms with Crippen molar-refractivity contribution in [2.75, 3.05) is 32.0 Å². The number of urea groups is 1. The molecule has 1 saturated heterocycles. The standard InChI is InChI=1S/C21H32N4O/c1-16(2)15-25-13-9-18-14-19(4-5-20(18)25)23-21(26)22-10-6-17-7-11-24(3)12-8-17/h4-5,9,13-14,16-17H,6-8,10-12,15H2,1-3H3,(H2,22,23,26). The average molecular weight is 357 g/mol. The molecule has 0 bridgehead atoms. The van der Waals surface area contributed by atoms with Gasteiger partial charge in [0, 0.05) is 35.9 Å². The fraction of sp³-hybridized carbons (Fsp3) is 0.571. The van der Waals surface area contributed by atoms with Gasteiger partial charge in [0.2, 0.25) is 0 Å². The predicted molar refractivity (Wildman–Crippen MR) is 109 cm³/mol. The molecular weight excluding hydrogens is 324 g/mol. The lowest BCUT2D eigenvalue weighted by molar-refractivity contribution is 0.211. The van der Waals surface area contributed by atoms with E-state index in [0.717, 1.165) is 36.5 Å². The van der Waals surface area contributed by atoms with E-state index in [1.807, 2.05) is 12.1 Å². The molecule has 1 aliphatic heterocycles. The Hall–Kier alpha value is -2.01. The molecule has 142 valence electrons. The molecule has 26 heavy (non-hydrogen) atoms. The van der Waals surface area contributed by atoms with E-state index in [4.69, 9.17) is 0 Å². The Balaban J connectivity index is 1.48. The molecule has 0 spiro atoms. The number of likely N-dealkylation sites (tertiary alicyclic amines) is 1. The zero-order chi connectivity index (χ0) is 18.5. The van der Waals surface area contributed by atoms with Crippen LogP contribution in [0.3, 0.4) is 0 Å². The van der Waals surface area contributed by atoms with Gasteiger partial charge in [-0.1, -0.05) is 13.8 Å². The van der Waals surface area contributed by atoms with Crippen LogP contribution in [0.5, 0.6) is 0 Å². The number of hydrogen-bond acceptors (Lipinski definition) is 2. The molecule has 1 fully saturated rings. The van der Waals surface area contributed by atoms with Gasteiger partial charge >= 0.3 is 6.03 Å². The molecule has 5 heteroatoms. The van der Waals surface area contributed by atoms with Gasteiger partial charge in [0.15, 0.2) is 0 Å². The second kappa shape index (κ2) is 8.58. The first-order valence-corrected chi connectivity index (χ1v) is 9.83. The number of benzene rings is 1. The minimum Gasteiger partial charge on any atom is -0.347 e. The number of hydrogen-bond donors (Lipinski definition) is 2. The number of rotatable bonds is 6. The maximum Gasteiger partial charge on any atom is 0.319 e. The number of carbonyl (C=O) groups excluding carboxylic acids is 1. The van der Waals surface area contributed by atoms with E-state index < -0.39 is 0 Å². The summed E-state index contributed by atoms with van der Waals surface area (Å²) in [5.41, 5.74) is 2.06. The molecule has 1 aromatic carbocycles. The summed E-state index contributed by atoms with van der Waals surface area (Å²) in [6.07, 6.45) is 5.67. The Morgan fingerprint density at radius 1 is 1.23 bits per heavy atom. The molecule has 3 rings (SSSR count). The minimum atomic E-state index is -0.112. The molecule has 2 heterocycles. The molecular formula is C21H32N4O. The quantitative estimate of drug-likeness (QED) is 0.817. The van der Waals surface area contributed by atoms with Crippen LogP contribution >= 0.6 is 0 Å². The Morgan fingerprint density at radius 3 is 2.73 bits per heavy atom. The van der Waals surface area contributed by atoms with E-state index in [0.29, 0.717) is 5.92 Å². The number of fused-ring (bicyclic) bond motifs is 1. The Labute approximate surface area is 156 Å². The second-order valence-corrected chi connectivity index (χ2v) is 8.05. The van der Waals surface area contributed by atoms with E-state index in [1.54, 1.807) is 0 Å². The monoisotopic (exact) mass is 356 g/mol. The molecule has 0 saturated carbocycles. The van der Waals surface area contributed by atoms with E-state index in [1.165, 1.54) is 31.4 Å². The number of nitrogens with one attached hydrogen (secondary N) is 2. The van der Waals surface area contributed by atoms with E-state index in [-0.39, 0.29) is 6.03 Å². The van der Waals surface area contributed by atoms with Crippen molar-refractivity contribution < 1.29 is 4.79 Å². The van der Waals surface area contributed by atoms with Crippen molar-refractivity contribution in [3.63, 3.8) is 0 Å². The molecule has 2 amide bonds. The largest absolute Gasteiger partial charge is 0.347 e. The van der Waals surface area contributed by atoms with Crippen molar-refractivity contribution in [3.8, 4) is 0 Å². The third kappa shape index (κ3) is 5.01. The first kappa shape index (κ1) is 18.8. The highest BCUT2D eigenvalue weighted by Crippen LogP contribution is 2.22. The van der Waals surface area contributed by atoms with Crippen LogP contribution < -0.4 is 10.6 Å². The van der Waals surface area contributed by atoms with Crippen LogP contribution in [0.1, 0.15) is 33.1 Å². The Bertz CT molecular complexity index is 729. The summed E-state index contributed by atoms with van der Waals surface area (Å²) in [6.45, 7) is 8.54. The van der Waals surface area contributed by atoms with Crippen molar-refractivity contribution in [3.05, 3.63) is 30.5 Å². The van der Waals surface area contributed by atoms with Gasteiger partial charge in [-0.2, -0.15) is 0 Å². The maximum atomic E-state index is 12.2. The van der Waals surface area contributed by atoms with Crippen LogP contribution in [0.4, 0.5) is 10.5 Å².